The van der Waals surface area contributed by atoms with E-state index in [9.17, 15) is 0 Å². The first-order chi connectivity index (χ1) is 8.61. The van der Waals surface area contributed by atoms with Crippen LogP contribution in [-0.2, 0) is 6.42 Å². The number of hydrogen-bond acceptors (Lipinski definition) is 2. The summed E-state index contributed by atoms with van der Waals surface area (Å²) in [5.41, 5.74) is 8.35. The van der Waals surface area contributed by atoms with Gasteiger partial charge in [0, 0.05) is 24.7 Å². The van der Waals surface area contributed by atoms with Gasteiger partial charge in [0.15, 0.2) is 0 Å². The van der Waals surface area contributed by atoms with Crippen molar-refractivity contribution in [1.29, 1.82) is 5.41 Å². The maximum atomic E-state index is 7.53. The lowest BCUT2D eigenvalue weighted by Crippen LogP contribution is -2.43. The number of amidine groups is 1. The van der Waals surface area contributed by atoms with Crippen molar-refractivity contribution in [2.75, 3.05) is 11.4 Å². The lowest BCUT2D eigenvalue weighted by atomic mass is 9.91. The van der Waals surface area contributed by atoms with E-state index in [1.165, 1.54) is 11.3 Å². The SMILES string of the molecule is CCC(CC(=N)N)N1CC(C)Cc2ccccc21. The van der Waals surface area contributed by atoms with Gasteiger partial charge in [-0.1, -0.05) is 32.0 Å². The van der Waals surface area contributed by atoms with Crippen LogP contribution in [0, 0.1) is 11.3 Å². The Balaban J connectivity index is 2.29. The van der Waals surface area contributed by atoms with Gasteiger partial charge in [0.25, 0.3) is 0 Å². The quantitative estimate of drug-likeness (QED) is 0.633. The third-order valence-electron chi connectivity index (χ3n) is 3.75. The first kappa shape index (κ1) is 12.9. The number of benzene rings is 1. The molecule has 18 heavy (non-hydrogen) atoms. The fourth-order valence-electron chi connectivity index (χ4n) is 2.91. The van der Waals surface area contributed by atoms with Crippen molar-refractivity contribution in [3.05, 3.63) is 29.8 Å². The average molecular weight is 245 g/mol. The molecule has 1 aromatic carbocycles. The average Bonchev–Trinajstić information content (AvgIpc) is 2.34. The summed E-state index contributed by atoms with van der Waals surface area (Å²) < 4.78 is 0. The number of hydrogen-bond donors (Lipinski definition) is 2. The maximum absolute atomic E-state index is 7.53. The molecule has 0 radical (unpaired) electrons. The Hall–Kier alpha value is -1.51. The summed E-state index contributed by atoms with van der Waals surface area (Å²) in [6, 6.07) is 8.98. The van der Waals surface area contributed by atoms with Crippen LogP contribution in [0.5, 0.6) is 0 Å². The highest BCUT2D eigenvalue weighted by molar-refractivity contribution is 5.78. The fraction of sp³-hybridized carbons (Fsp3) is 0.533. The second kappa shape index (κ2) is 5.42. The molecule has 0 bridgehead atoms. The maximum Gasteiger partial charge on any atom is 0.0926 e. The molecule has 1 aliphatic heterocycles. The van der Waals surface area contributed by atoms with Crippen molar-refractivity contribution in [1.82, 2.24) is 0 Å². The predicted octanol–water partition coefficient (Wildman–Crippen LogP) is 2.79. The molecule has 3 nitrogen and oxygen atoms in total. The molecule has 1 aliphatic rings. The van der Waals surface area contributed by atoms with Crippen LogP contribution in [0.25, 0.3) is 0 Å². The molecule has 98 valence electrons. The highest BCUT2D eigenvalue weighted by atomic mass is 15.2. The van der Waals surface area contributed by atoms with Crippen LogP contribution in [0.1, 0.15) is 32.3 Å². The fourth-order valence-corrected chi connectivity index (χ4v) is 2.91. The summed E-state index contributed by atoms with van der Waals surface area (Å²) >= 11 is 0. The molecule has 2 unspecified atom stereocenters. The molecule has 3 N–H and O–H groups in total. The third-order valence-corrected chi connectivity index (χ3v) is 3.75. The van der Waals surface area contributed by atoms with Gasteiger partial charge in [-0.05, 0) is 30.4 Å². The summed E-state index contributed by atoms with van der Waals surface area (Å²) in [5, 5.41) is 7.53. The second-order valence-corrected chi connectivity index (χ2v) is 5.38. The second-order valence-electron chi connectivity index (χ2n) is 5.38. The van der Waals surface area contributed by atoms with Gasteiger partial charge in [0.1, 0.15) is 0 Å². The van der Waals surface area contributed by atoms with Crippen LogP contribution in [0.15, 0.2) is 24.3 Å². The first-order valence-electron chi connectivity index (χ1n) is 6.79. The molecular formula is C15H23N3. The van der Waals surface area contributed by atoms with Crippen molar-refractivity contribution in [3.63, 3.8) is 0 Å². The minimum absolute atomic E-state index is 0.289. The zero-order chi connectivity index (χ0) is 13.1. The summed E-state index contributed by atoms with van der Waals surface area (Å²) in [6.07, 6.45) is 2.85. The van der Waals surface area contributed by atoms with Crippen molar-refractivity contribution in [2.24, 2.45) is 11.7 Å². The van der Waals surface area contributed by atoms with Gasteiger partial charge in [-0.25, -0.2) is 0 Å². The van der Waals surface area contributed by atoms with Gasteiger partial charge >= 0.3 is 0 Å². The zero-order valence-corrected chi connectivity index (χ0v) is 11.3. The Morgan fingerprint density at radius 3 is 2.89 bits per heavy atom. The number of nitrogens with one attached hydrogen (secondary N) is 1. The van der Waals surface area contributed by atoms with Crippen molar-refractivity contribution in [2.45, 2.75) is 39.2 Å². The molecule has 0 saturated carbocycles. The topological polar surface area (TPSA) is 53.1 Å². The minimum atomic E-state index is 0.289. The van der Waals surface area contributed by atoms with Gasteiger partial charge in [0.2, 0.25) is 0 Å². The van der Waals surface area contributed by atoms with E-state index in [0.29, 0.717) is 18.4 Å². The third kappa shape index (κ3) is 2.66. The van der Waals surface area contributed by atoms with E-state index < -0.39 is 0 Å². The Morgan fingerprint density at radius 2 is 2.22 bits per heavy atom. The normalized spacial score (nSPS) is 20.3. The van der Waals surface area contributed by atoms with E-state index in [1.54, 1.807) is 0 Å². The number of nitrogens with two attached hydrogens (primary N) is 1. The number of anilines is 1. The summed E-state index contributed by atoms with van der Waals surface area (Å²) in [5.74, 6) is 0.957. The molecule has 0 spiro atoms. The highest BCUT2D eigenvalue weighted by Gasteiger charge is 2.26. The molecule has 1 aromatic rings. The molecule has 0 fully saturated rings. The van der Waals surface area contributed by atoms with Crippen molar-refractivity contribution >= 4 is 11.5 Å². The largest absolute Gasteiger partial charge is 0.388 e. The number of para-hydroxylation sites is 1. The van der Waals surface area contributed by atoms with Gasteiger partial charge in [-0.2, -0.15) is 0 Å². The van der Waals surface area contributed by atoms with Crippen LogP contribution in [0.3, 0.4) is 0 Å². The van der Waals surface area contributed by atoms with E-state index in [1.807, 2.05) is 0 Å². The van der Waals surface area contributed by atoms with Crippen LogP contribution < -0.4 is 10.6 Å². The summed E-state index contributed by atoms with van der Waals surface area (Å²) in [6.45, 7) is 5.54. The van der Waals surface area contributed by atoms with E-state index >= 15 is 0 Å². The van der Waals surface area contributed by atoms with Crippen molar-refractivity contribution < 1.29 is 0 Å². The Bertz CT molecular complexity index is 428. The molecule has 0 aromatic heterocycles. The number of fused-ring (bicyclic) bond motifs is 1. The van der Waals surface area contributed by atoms with Gasteiger partial charge < -0.3 is 10.6 Å². The highest BCUT2D eigenvalue weighted by Crippen LogP contribution is 2.32. The standard InChI is InChI=1S/C15H23N3/c1-3-13(9-15(16)17)18-10-11(2)8-12-6-4-5-7-14(12)18/h4-7,11,13H,3,8-10H2,1-2H3,(H3,16,17). The van der Waals surface area contributed by atoms with E-state index in [4.69, 9.17) is 11.1 Å². The molecular weight excluding hydrogens is 222 g/mol. The summed E-state index contributed by atoms with van der Waals surface area (Å²) in [7, 11) is 0. The molecule has 0 saturated heterocycles. The Morgan fingerprint density at radius 1 is 1.50 bits per heavy atom. The molecule has 0 amide bonds. The van der Waals surface area contributed by atoms with Crippen LogP contribution in [0.2, 0.25) is 0 Å². The lowest BCUT2D eigenvalue weighted by molar-refractivity contribution is 0.477. The number of rotatable bonds is 4. The van der Waals surface area contributed by atoms with E-state index in [-0.39, 0.29) is 5.84 Å². The molecule has 2 atom stereocenters. The van der Waals surface area contributed by atoms with Crippen LogP contribution >= 0.6 is 0 Å². The molecule has 1 heterocycles. The Labute approximate surface area is 109 Å². The van der Waals surface area contributed by atoms with Crippen LogP contribution in [-0.4, -0.2) is 18.4 Å². The molecule has 0 aliphatic carbocycles. The van der Waals surface area contributed by atoms with Crippen LogP contribution in [0.4, 0.5) is 5.69 Å². The zero-order valence-electron chi connectivity index (χ0n) is 11.3. The first-order valence-corrected chi connectivity index (χ1v) is 6.79. The van der Waals surface area contributed by atoms with E-state index in [0.717, 1.165) is 19.4 Å². The molecule has 2 rings (SSSR count). The van der Waals surface area contributed by atoms with E-state index in [2.05, 4.69) is 43.0 Å². The Kier molecular flexibility index (Phi) is 3.90. The smallest absolute Gasteiger partial charge is 0.0926 e. The monoisotopic (exact) mass is 245 g/mol. The number of nitrogens with zero attached hydrogens (tertiary/aromatic N) is 1. The summed E-state index contributed by atoms with van der Waals surface area (Å²) in [4.78, 5) is 2.45. The van der Waals surface area contributed by atoms with Gasteiger partial charge in [-0.3, -0.25) is 5.41 Å². The van der Waals surface area contributed by atoms with Gasteiger partial charge in [-0.15, -0.1) is 0 Å². The predicted molar refractivity (Wildman–Crippen MR) is 77.3 cm³/mol. The van der Waals surface area contributed by atoms with Gasteiger partial charge in [0.05, 0.1) is 5.84 Å². The van der Waals surface area contributed by atoms with Crippen molar-refractivity contribution in [3.8, 4) is 0 Å². The molecule has 3 heteroatoms. The minimum Gasteiger partial charge on any atom is -0.388 e. The lowest BCUT2D eigenvalue weighted by Gasteiger charge is -2.40.